The van der Waals surface area contributed by atoms with Crippen LogP contribution in [0.4, 0.5) is 0 Å². The van der Waals surface area contributed by atoms with Crippen LogP contribution in [0.15, 0.2) is 30.5 Å². The lowest BCUT2D eigenvalue weighted by Crippen LogP contribution is -2.56. The Labute approximate surface area is 284 Å². The summed E-state index contributed by atoms with van der Waals surface area (Å²) in [6, 6.07) is 6.34. The molecule has 0 spiro atoms. The van der Waals surface area contributed by atoms with Gasteiger partial charge in [0.15, 0.2) is 5.78 Å². The molecule has 5 atom stereocenters. The zero-order valence-corrected chi connectivity index (χ0v) is 29.4. The summed E-state index contributed by atoms with van der Waals surface area (Å²) in [6.45, 7) is 6.94. The second-order valence-corrected chi connectivity index (χ2v) is 13.7. The zero-order chi connectivity index (χ0) is 33.2. The molecule has 0 saturated carbocycles. The highest BCUT2D eigenvalue weighted by atomic mass is 32.1. The van der Waals surface area contributed by atoms with E-state index in [2.05, 4.69) is 35.9 Å². The SMILES string of the molecule is CCC(=O)CCCCC[C@@H]1NC(=O)[C@H]2CCCCN2CC(=O)[C@H]([C@@H](C)CC)NC(=S)[C@H](Cc2cn(OC)c3ccccc23)NC1=S. The van der Waals surface area contributed by atoms with Gasteiger partial charge in [0.2, 0.25) is 5.91 Å². The minimum absolute atomic E-state index is 0.0444. The van der Waals surface area contributed by atoms with Crippen LogP contribution in [0.25, 0.3) is 10.9 Å². The molecule has 2 fully saturated rings. The van der Waals surface area contributed by atoms with E-state index in [0.29, 0.717) is 48.6 Å². The molecule has 0 bridgehead atoms. The van der Waals surface area contributed by atoms with Gasteiger partial charge in [-0.1, -0.05) is 89.1 Å². The van der Waals surface area contributed by atoms with Crippen LogP contribution in [0.2, 0.25) is 0 Å². The van der Waals surface area contributed by atoms with E-state index in [9.17, 15) is 14.4 Å². The van der Waals surface area contributed by atoms with Gasteiger partial charge in [0.25, 0.3) is 0 Å². The zero-order valence-electron chi connectivity index (χ0n) is 27.8. The number of benzene rings is 1. The third-order valence-corrected chi connectivity index (χ3v) is 10.4. The fourth-order valence-electron chi connectivity index (χ4n) is 6.60. The minimum Gasteiger partial charge on any atom is -0.417 e. The monoisotopic (exact) mass is 669 g/mol. The van der Waals surface area contributed by atoms with E-state index in [4.69, 9.17) is 29.3 Å². The van der Waals surface area contributed by atoms with Gasteiger partial charge in [-0.15, -0.1) is 0 Å². The average molecular weight is 670 g/mol. The number of nitrogens with one attached hydrogen (secondary N) is 3. The molecule has 11 heteroatoms. The molecule has 0 aliphatic carbocycles. The van der Waals surface area contributed by atoms with E-state index in [0.717, 1.165) is 55.0 Å². The molecule has 9 nitrogen and oxygen atoms in total. The number of thiocarbonyl (C=S) groups is 2. The largest absolute Gasteiger partial charge is 0.417 e. The normalized spacial score (nSPS) is 24.1. The average Bonchev–Trinajstić information content (AvgIpc) is 3.42. The summed E-state index contributed by atoms with van der Waals surface area (Å²) < 4.78 is 1.74. The summed E-state index contributed by atoms with van der Waals surface area (Å²) in [7, 11) is 1.64. The lowest BCUT2D eigenvalue weighted by atomic mass is 9.93. The quantitative estimate of drug-likeness (QED) is 0.219. The van der Waals surface area contributed by atoms with Crippen molar-refractivity contribution in [3.8, 4) is 0 Å². The molecule has 2 aromatic rings. The number of rotatable bonds is 12. The second kappa shape index (κ2) is 17.3. The van der Waals surface area contributed by atoms with Crippen LogP contribution in [0.3, 0.4) is 0 Å². The number of hydrogen-bond acceptors (Lipinski definition) is 7. The van der Waals surface area contributed by atoms with Crippen LogP contribution < -0.4 is 20.8 Å². The van der Waals surface area contributed by atoms with E-state index in [1.165, 1.54) is 0 Å². The summed E-state index contributed by atoms with van der Waals surface area (Å²) in [5.74, 6) is 0.278. The number of nitrogens with zero attached hydrogens (tertiary/aromatic N) is 2. The summed E-state index contributed by atoms with van der Waals surface area (Å²) in [5, 5.41) is 11.3. The maximum atomic E-state index is 13.9. The molecule has 252 valence electrons. The Morgan fingerprint density at radius 1 is 1.02 bits per heavy atom. The van der Waals surface area contributed by atoms with Gasteiger partial charge < -0.3 is 20.8 Å². The van der Waals surface area contributed by atoms with E-state index in [1.807, 2.05) is 36.2 Å². The Morgan fingerprint density at radius 3 is 2.52 bits per heavy atom. The predicted molar refractivity (Wildman–Crippen MR) is 191 cm³/mol. The van der Waals surface area contributed by atoms with Gasteiger partial charge >= 0.3 is 0 Å². The lowest BCUT2D eigenvalue weighted by molar-refractivity contribution is -0.130. The molecule has 46 heavy (non-hydrogen) atoms. The van der Waals surface area contributed by atoms with Gasteiger partial charge in [0.05, 0.1) is 46.2 Å². The van der Waals surface area contributed by atoms with E-state index >= 15 is 0 Å². The maximum absolute atomic E-state index is 13.9. The van der Waals surface area contributed by atoms with Crippen molar-refractivity contribution in [2.75, 3.05) is 20.2 Å². The molecule has 1 aromatic heterocycles. The molecule has 1 aromatic carbocycles. The summed E-state index contributed by atoms with van der Waals surface area (Å²) in [6.07, 6.45) is 10.2. The Balaban J connectivity index is 1.66. The van der Waals surface area contributed by atoms with Gasteiger partial charge in [0, 0.05) is 30.8 Å². The molecule has 3 N–H and O–H groups in total. The first kappa shape index (κ1) is 36.0. The number of amides is 1. The fraction of sp³-hybridized carbons (Fsp3) is 0.629. The van der Waals surface area contributed by atoms with Crippen LogP contribution in [-0.2, 0) is 20.8 Å². The standard InChI is InChI=1S/C35H51N5O4S2/c1-5-23(3)32-31(42)22-39-19-13-12-18-30(39)33(43)36-27(16-9-7-8-14-25(41)6-2)34(45)37-28(35(46)38-32)20-24-21-40(44-4)29-17-11-10-15-26(24)29/h10-11,15,17,21,23,27-28,30,32H,5-9,12-14,16,18-20,22H2,1-4H3,(H,36,43)(H,37,45)(H,38,46)/t23-,27-,28-,30+,32-/m0/s1. The molecule has 0 unspecified atom stereocenters. The van der Waals surface area contributed by atoms with Crippen molar-refractivity contribution < 1.29 is 19.2 Å². The Kier molecular flexibility index (Phi) is 13.5. The summed E-state index contributed by atoms with van der Waals surface area (Å²) in [5.41, 5.74) is 1.97. The van der Waals surface area contributed by atoms with Gasteiger partial charge in [-0.3, -0.25) is 19.3 Å². The van der Waals surface area contributed by atoms with Crippen LogP contribution in [0.5, 0.6) is 0 Å². The number of hydrogen-bond donors (Lipinski definition) is 3. The first-order valence-electron chi connectivity index (χ1n) is 17.0. The number of carbonyl (C=O) groups excluding carboxylic acids is 3. The maximum Gasteiger partial charge on any atom is 0.237 e. The van der Waals surface area contributed by atoms with Gasteiger partial charge in [-0.05, 0) is 49.8 Å². The summed E-state index contributed by atoms with van der Waals surface area (Å²) in [4.78, 5) is 48.3. The third-order valence-electron chi connectivity index (χ3n) is 9.62. The molecule has 2 aliphatic rings. The number of aromatic nitrogens is 1. The number of fused-ring (bicyclic) bond motifs is 2. The Bertz CT molecular complexity index is 1390. The molecule has 0 radical (unpaired) electrons. The molecule has 1 amide bonds. The molecular formula is C35H51N5O4S2. The smallest absolute Gasteiger partial charge is 0.237 e. The van der Waals surface area contributed by atoms with Crippen molar-refractivity contribution >= 4 is 62.8 Å². The first-order chi connectivity index (χ1) is 22.2. The van der Waals surface area contributed by atoms with Crippen molar-refractivity contribution in [1.29, 1.82) is 0 Å². The van der Waals surface area contributed by atoms with Gasteiger partial charge in [-0.25, -0.2) is 0 Å². The lowest BCUT2D eigenvalue weighted by Gasteiger charge is -2.36. The highest BCUT2D eigenvalue weighted by Crippen LogP contribution is 2.24. The van der Waals surface area contributed by atoms with E-state index < -0.39 is 18.1 Å². The van der Waals surface area contributed by atoms with Crippen molar-refractivity contribution in [1.82, 2.24) is 25.6 Å². The molecule has 2 saturated heterocycles. The first-order valence-corrected chi connectivity index (χ1v) is 17.8. The highest BCUT2D eigenvalue weighted by molar-refractivity contribution is 7.81. The van der Waals surface area contributed by atoms with Crippen LogP contribution in [0, 0.1) is 5.92 Å². The highest BCUT2D eigenvalue weighted by Gasteiger charge is 2.36. The van der Waals surface area contributed by atoms with Gasteiger partial charge in [0.1, 0.15) is 12.9 Å². The van der Waals surface area contributed by atoms with E-state index in [-0.39, 0.29) is 36.0 Å². The van der Waals surface area contributed by atoms with Gasteiger partial charge in [-0.2, -0.15) is 4.73 Å². The topological polar surface area (TPSA) is 105 Å². The molecule has 4 rings (SSSR count). The Hall–Kier alpha value is -2.89. The second-order valence-electron chi connectivity index (χ2n) is 12.8. The Morgan fingerprint density at radius 2 is 1.78 bits per heavy atom. The van der Waals surface area contributed by atoms with Crippen LogP contribution in [-0.4, -0.2) is 81.4 Å². The van der Waals surface area contributed by atoms with Crippen molar-refractivity contribution in [2.24, 2.45) is 5.92 Å². The number of unbranched alkanes of at least 4 members (excludes halogenated alkanes) is 2. The van der Waals surface area contributed by atoms with E-state index in [1.54, 1.807) is 11.8 Å². The van der Waals surface area contributed by atoms with Crippen molar-refractivity contribution in [2.45, 2.75) is 116 Å². The third kappa shape index (κ3) is 9.13. The fourth-order valence-corrected chi connectivity index (χ4v) is 7.19. The number of carbonyl (C=O) groups is 3. The van der Waals surface area contributed by atoms with Crippen molar-refractivity contribution in [3.05, 3.63) is 36.0 Å². The number of para-hydroxylation sites is 1. The summed E-state index contributed by atoms with van der Waals surface area (Å²) >= 11 is 12.1. The minimum atomic E-state index is -0.483. The molecular weight excluding hydrogens is 619 g/mol. The number of ketones is 2. The number of piperidine rings is 1. The predicted octanol–water partition coefficient (Wildman–Crippen LogP) is 4.71. The van der Waals surface area contributed by atoms with Crippen LogP contribution in [0.1, 0.15) is 90.5 Å². The molecule has 3 heterocycles. The van der Waals surface area contributed by atoms with Crippen LogP contribution >= 0.6 is 24.4 Å². The van der Waals surface area contributed by atoms with Crippen molar-refractivity contribution in [3.63, 3.8) is 0 Å². The number of Topliss-reactive ketones (excluding diaryl/α,β-unsaturated/α-hetero) is 2. The molecule has 2 aliphatic heterocycles.